The molecule has 15 heavy (non-hydrogen) atoms. The van der Waals surface area contributed by atoms with Crippen LogP contribution in [-0.2, 0) is 10.0 Å². The van der Waals surface area contributed by atoms with Crippen LogP contribution in [0.15, 0.2) is 0 Å². The zero-order valence-electron chi connectivity index (χ0n) is 8.40. The second-order valence-corrected chi connectivity index (χ2v) is 5.74. The monoisotopic (exact) mass is 233 g/mol. The SMILES string of the molecule is O=C1NCCCN1C1CCCNS1(=O)=O. The van der Waals surface area contributed by atoms with Gasteiger partial charge in [-0.3, -0.25) is 0 Å². The van der Waals surface area contributed by atoms with Crippen LogP contribution >= 0.6 is 0 Å². The summed E-state index contributed by atoms with van der Waals surface area (Å²) in [5.74, 6) is 0. The Bertz CT molecular complexity index is 354. The fourth-order valence-corrected chi connectivity index (χ4v) is 3.62. The van der Waals surface area contributed by atoms with E-state index >= 15 is 0 Å². The predicted molar refractivity (Wildman–Crippen MR) is 54.7 cm³/mol. The Kier molecular flexibility index (Phi) is 2.83. The molecule has 0 bridgehead atoms. The lowest BCUT2D eigenvalue weighted by molar-refractivity contribution is 0.174. The summed E-state index contributed by atoms with van der Waals surface area (Å²) in [5.41, 5.74) is 0. The van der Waals surface area contributed by atoms with Crippen molar-refractivity contribution >= 4 is 16.1 Å². The molecule has 1 unspecified atom stereocenters. The Morgan fingerprint density at radius 2 is 2.07 bits per heavy atom. The van der Waals surface area contributed by atoms with Gasteiger partial charge in [-0.1, -0.05) is 0 Å². The second-order valence-electron chi connectivity index (χ2n) is 3.82. The Hall–Kier alpha value is -0.820. The third kappa shape index (κ3) is 2.07. The molecule has 7 heteroatoms. The largest absolute Gasteiger partial charge is 0.338 e. The first-order valence-corrected chi connectivity index (χ1v) is 6.69. The maximum atomic E-state index is 11.7. The lowest BCUT2D eigenvalue weighted by Crippen LogP contribution is -2.57. The average molecular weight is 233 g/mol. The summed E-state index contributed by atoms with van der Waals surface area (Å²) in [4.78, 5) is 12.9. The molecule has 0 aromatic heterocycles. The first-order chi connectivity index (χ1) is 7.11. The number of sulfonamides is 1. The van der Waals surface area contributed by atoms with E-state index in [0.717, 1.165) is 12.8 Å². The van der Waals surface area contributed by atoms with Gasteiger partial charge in [-0.2, -0.15) is 0 Å². The summed E-state index contributed by atoms with van der Waals surface area (Å²) in [7, 11) is -3.34. The minimum Gasteiger partial charge on any atom is -0.338 e. The van der Waals surface area contributed by atoms with Crippen molar-refractivity contribution in [3.05, 3.63) is 0 Å². The van der Waals surface area contributed by atoms with Crippen molar-refractivity contribution in [3.8, 4) is 0 Å². The Morgan fingerprint density at radius 1 is 1.27 bits per heavy atom. The minimum atomic E-state index is -3.34. The van der Waals surface area contributed by atoms with E-state index in [2.05, 4.69) is 10.0 Å². The van der Waals surface area contributed by atoms with Crippen molar-refractivity contribution in [2.75, 3.05) is 19.6 Å². The molecule has 86 valence electrons. The van der Waals surface area contributed by atoms with E-state index in [0.29, 0.717) is 26.1 Å². The topological polar surface area (TPSA) is 78.5 Å². The normalized spacial score (nSPS) is 31.1. The van der Waals surface area contributed by atoms with Crippen molar-refractivity contribution in [3.63, 3.8) is 0 Å². The molecule has 0 aromatic carbocycles. The molecular weight excluding hydrogens is 218 g/mol. The van der Waals surface area contributed by atoms with E-state index in [4.69, 9.17) is 0 Å². The summed E-state index contributed by atoms with van der Waals surface area (Å²) in [6.07, 6.45) is 2.12. The molecule has 0 radical (unpaired) electrons. The maximum absolute atomic E-state index is 11.7. The van der Waals surface area contributed by atoms with Crippen molar-refractivity contribution in [1.29, 1.82) is 0 Å². The molecule has 2 N–H and O–H groups in total. The third-order valence-electron chi connectivity index (χ3n) is 2.75. The highest BCUT2D eigenvalue weighted by Gasteiger charge is 2.37. The van der Waals surface area contributed by atoms with Crippen molar-refractivity contribution in [2.45, 2.75) is 24.6 Å². The molecule has 6 nitrogen and oxygen atoms in total. The van der Waals surface area contributed by atoms with Crippen molar-refractivity contribution in [2.24, 2.45) is 0 Å². The van der Waals surface area contributed by atoms with E-state index in [1.54, 1.807) is 0 Å². The van der Waals surface area contributed by atoms with Gasteiger partial charge in [-0.05, 0) is 19.3 Å². The van der Waals surface area contributed by atoms with Gasteiger partial charge in [0.1, 0.15) is 5.37 Å². The van der Waals surface area contributed by atoms with E-state index in [-0.39, 0.29) is 6.03 Å². The number of amides is 2. The number of nitrogens with zero attached hydrogens (tertiary/aromatic N) is 1. The average Bonchev–Trinajstić information content (AvgIpc) is 2.19. The van der Waals surface area contributed by atoms with Crippen LogP contribution in [0.1, 0.15) is 19.3 Å². The van der Waals surface area contributed by atoms with Crippen LogP contribution in [0.4, 0.5) is 4.79 Å². The third-order valence-corrected chi connectivity index (χ3v) is 4.56. The van der Waals surface area contributed by atoms with Gasteiger partial charge >= 0.3 is 6.03 Å². The van der Waals surface area contributed by atoms with Gasteiger partial charge in [0.2, 0.25) is 10.0 Å². The minimum absolute atomic E-state index is 0.265. The number of rotatable bonds is 1. The van der Waals surface area contributed by atoms with Crippen LogP contribution in [0, 0.1) is 0 Å². The van der Waals surface area contributed by atoms with E-state index < -0.39 is 15.4 Å². The standard InChI is InChI=1S/C8H15N3O3S/c12-8-9-4-2-6-11(8)7-3-1-5-10-15(7,13)14/h7,10H,1-6H2,(H,9,12). The fourth-order valence-electron chi connectivity index (χ4n) is 1.99. The number of carbonyl (C=O) groups is 1. The molecule has 2 rings (SSSR count). The van der Waals surface area contributed by atoms with Crippen LogP contribution in [-0.4, -0.2) is 44.4 Å². The summed E-state index contributed by atoms with van der Waals surface area (Å²) >= 11 is 0. The van der Waals surface area contributed by atoms with Gasteiger partial charge in [0.25, 0.3) is 0 Å². The highest BCUT2D eigenvalue weighted by atomic mass is 32.2. The zero-order chi connectivity index (χ0) is 10.9. The molecule has 2 aliphatic heterocycles. The van der Waals surface area contributed by atoms with Crippen molar-refractivity contribution in [1.82, 2.24) is 14.9 Å². The number of hydrogen-bond donors (Lipinski definition) is 2. The molecular formula is C8H15N3O3S. The molecule has 2 saturated heterocycles. The van der Waals surface area contributed by atoms with Crippen LogP contribution < -0.4 is 10.0 Å². The van der Waals surface area contributed by atoms with Crippen LogP contribution in [0.25, 0.3) is 0 Å². The number of carbonyl (C=O) groups excluding carboxylic acids is 1. The molecule has 0 aromatic rings. The molecule has 2 heterocycles. The molecule has 0 saturated carbocycles. The van der Waals surface area contributed by atoms with E-state index in [1.165, 1.54) is 4.90 Å². The van der Waals surface area contributed by atoms with Gasteiger partial charge in [0, 0.05) is 19.6 Å². The van der Waals surface area contributed by atoms with Crippen LogP contribution in [0.2, 0.25) is 0 Å². The summed E-state index contributed by atoms with van der Waals surface area (Å²) in [5, 5.41) is 1.97. The van der Waals surface area contributed by atoms with Gasteiger partial charge in [0.05, 0.1) is 0 Å². The zero-order valence-corrected chi connectivity index (χ0v) is 9.22. The number of nitrogens with one attached hydrogen (secondary N) is 2. The van der Waals surface area contributed by atoms with Gasteiger partial charge in [-0.15, -0.1) is 0 Å². The quantitative estimate of drug-likeness (QED) is 0.637. The van der Waals surface area contributed by atoms with Crippen molar-refractivity contribution < 1.29 is 13.2 Å². The molecule has 1 atom stereocenters. The van der Waals surface area contributed by atoms with Gasteiger partial charge in [0.15, 0.2) is 0 Å². The lowest BCUT2D eigenvalue weighted by atomic mass is 10.2. The fraction of sp³-hybridized carbons (Fsp3) is 0.875. The molecule has 2 fully saturated rings. The summed E-state index contributed by atoms with van der Waals surface area (Å²) in [6.45, 7) is 1.64. The Morgan fingerprint density at radius 3 is 2.73 bits per heavy atom. The first kappa shape index (κ1) is 10.7. The van der Waals surface area contributed by atoms with E-state index in [1.807, 2.05) is 0 Å². The predicted octanol–water partition coefficient (Wildman–Crippen LogP) is -0.559. The second kappa shape index (κ2) is 3.97. The highest BCUT2D eigenvalue weighted by molar-refractivity contribution is 7.90. The molecule has 0 spiro atoms. The van der Waals surface area contributed by atoms with Gasteiger partial charge < -0.3 is 10.2 Å². The van der Waals surface area contributed by atoms with Crippen LogP contribution in [0.3, 0.4) is 0 Å². The molecule has 2 amide bonds. The van der Waals surface area contributed by atoms with Crippen LogP contribution in [0.5, 0.6) is 0 Å². The molecule has 2 aliphatic rings. The smallest absolute Gasteiger partial charge is 0.318 e. The first-order valence-electron chi connectivity index (χ1n) is 5.14. The Labute approximate surface area is 89.1 Å². The molecule has 0 aliphatic carbocycles. The van der Waals surface area contributed by atoms with Gasteiger partial charge in [-0.25, -0.2) is 17.9 Å². The summed E-state index contributed by atoms with van der Waals surface area (Å²) < 4.78 is 25.9. The summed E-state index contributed by atoms with van der Waals surface area (Å²) in [6, 6.07) is -0.265. The number of urea groups is 1. The maximum Gasteiger partial charge on any atom is 0.318 e. The lowest BCUT2D eigenvalue weighted by Gasteiger charge is -2.36. The number of hydrogen-bond acceptors (Lipinski definition) is 3. The van der Waals surface area contributed by atoms with E-state index in [9.17, 15) is 13.2 Å². The Balaban J connectivity index is 2.17. The highest BCUT2D eigenvalue weighted by Crippen LogP contribution is 2.18.